The predicted octanol–water partition coefficient (Wildman–Crippen LogP) is 3.55. The monoisotopic (exact) mass is 314 g/mol. The molecule has 1 atom stereocenters. The zero-order valence-electron chi connectivity index (χ0n) is 14.1. The van der Waals surface area contributed by atoms with E-state index < -0.39 is 0 Å². The predicted molar refractivity (Wildman–Crippen MR) is 90.2 cm³/mol. The molecule has 0 saturated heterocycles. The van der Waals surface area contributed by atoms with Gasteiger partial charge in [-0.15, -0.1) is 0 Å². The zero-order chi connectivity index (χ0) is 16.2. The van der Waals surface area contributed by atoms with Crippen molar-refractivity contribution < 1.29 is 9.63 Å². The first-order valence-electron chi connectivity index (χ1n) is 8.55. The van der Waals surface area contributed by atoms with E-state index in [0.717, 1.165) is 31.0 Å². The maximum Gasteiger partial charge on any atom is 0.138 e. The lowest BCUT2D eigenvalue weighted by molar-refractivity contribution is 0.151. The quantitative estimate of drug-likeness (QED) is 0.886. The van der Waals surface area contributed by atoms with Gasteiger partial charge in [0.1, 0.15) is 5.76 Å². The second kappa shape index (κ2) is 7.28. The van der Waals surface area contributed by atoms with Gasteiger partial charge in [0.2, 0.25) is 0 Å². The van der Waals surface area contributed by atoms with Crippen molar-refractivity contribution in [2.75, 3.05) is 13.2 Å². The average Bonchev–Trinajstić information content (AvgIpc) is 2.89. The molecule has 0 amide bonds. The molecule has 0 unspecified atom stereocenters. The van der Waals surface area contributed by atoms with Crippen LogP contribution in [-0.2, 0) is 13.0 Å². The van der Waals surface area contributed by atoms with Crippen molar-refractivity contribution in [1.29, 1.82) is 0 Å². The normalized spacial score (nSPS) is 17.5. The van der Waals surface area contributed by atoms with Crippen molar-refractivity contribution in [3.05, 3.63) is 52.4 Å². The van der Waals surface area contributed by atoms with Gasteiger partial charge in [0.05, 0.1) is 5.69 Å². The van der Waals surface area contributed by atoms with Crippen molar-refractivity contribution in [2.45, 2.75) is 52.1 Å². The molecule has 1 aromatic heterocycles. The van der Waals surface area contributed by atoms with Crippen LogP contribution >= 0.6 is 0 Å². The SMILES string of the molecule is Cc1noc(C)c1CN(CCCO)[C@H]1CCCc2ccccc21. The van der Waals surface area contributed by atoms with Crippen LogP contribution < -0.4 is 0 Å². The Hall–Kier alpha value is -1.65. The molecule has 0 radical (unpaired) electrons. The zero-order valence-corrected chi connectivity index (χ0v) is 14.1. The summed E-state index contributed by atoms with van der Waals surface area (Å²) in [5.41, 5.74) is 5.08. The van der Waals surface area contributed by atoms with Crippen LogP contribution in [-0.4, -0.2) is 28.3 Å². The fourth-order valence-corrected chi connectivity index (χ4v) is 3.66. The lowest BCUT2D eigenvalue weighted by atomic mass is 9.86. The molecule has 0 fully saturated rings. The molecule has 4 nitrogen and oxygen atoms in total. The number of aromatic nitrogens is 1. The highest BCUT2D eigenvalue weighted by molar-refractivity contribution is 5.32. The number of aliphatic hydroxyl groups excluding tert-OH is 1. The van der Waals surface area contributed by atoms with Crippen molar-refractivity contribution in [1.82, 2.24) is 10.1 Å². The number of hydrogen-bond donors (Lipinski definition) is 1. The summed E-state index contributed by atoms with van der Waals surface area (Å²) in [5, 5.41) is 13.4. The molecular formula is C19H26N2O2. The molecule has 1 aliphatic rings. The molecule has 1 N–H and O–H groups in total. The smallest absolute Gasteiger partial charge is 0.138 e. The van der Waals surface area contributed by atoms with E-state index >= 15 is 0 Å². The van der Waals surface area contributed by atoms with Crippen LogP contribution in [0.2, 0.25) is 0 Å². The number of fused-ring (bicyclic) bond motifs is 1. The van der Waals surface area contributed by atoms with Gasteiger partial charge >= 0.3 is 0 Å². The summed E-state index contributed by atoms with van der Waals surface area (Å²) >= 11 is 0. The number of benzene rings is 1. The minimum atomic E-state index is 0.229. The van der Waals surface area contributed by atoms with Crippen LogP contribution in [0.1, 0.15) is 53.4 Å². The summed E-state index contributed by atoms with van der Waals surface area (Å²) in [4.78, 5) is 2.49. The highest BCUT2D eigenvalue weighted by atomic mass is 16.5. The van der Waals surface area contributed by atoms with E-state index in [4.69, 9.17) is 4.52 Å². The lowest BCUT2D eigenvalue weighted by Crippen LogP contribution is -2.32. The first kappa shape index (κ1) is 16.2. The Morgan fingerprint density at radius 2 is 2.13 bits per heavy atom. The van der Waals surface area contributed by atoms with E-state index in [1.165, 1.54) is 36.0 Å². The second-order valence-corrected chi connectivity index (χ2v) is 6.46. The van der Waals surface area contributed by atoms with E-state index in [2.05, 4.69) is 34.3 Å². The van der Waals surface area contributed by atoms with Crippen LogP contribution in [0.3, 0.4) is 0 Å². The van der Waals surface area contributed by atoms with Crippen molar-refractivity contribution in [3.63, 3.8) is 0 Å². The minimum Gasteiger partial charge on any atom is -0.396 e. The molecule has 1 heterocycles. The average molecular weight is 314 g/mol. The highest BCUT2D eigenvalue weighted by Crippen LogP contribution is 2.35. The van der Waals surface area contributed by atoms with Gasteiger partial charge < -0.3 is 9.63 Å². The van der Waals surface area contributed by atoms with Gasteiger partial charge in [-0.2, -0.15) is 0 Å². The largest absolute Gasteiger partial charge is 0.396 e. The Balaban J connectivity index is 1.88. The standard InChI is InChI=1S/C19H26N2O2/c1-14-18(15(2)23-20-14)13-21(11-6-12-22)19-10-5-8-16-7-3-4-9-17(16)19/h3-4,7,9,19,22H,5-6,8,10-13H2,1-2H3/t19-/m0/s1. The third-order valence-electron chi connectivity index (χ3n) is 4.92. The Morgan fingerprint density at radius 1 is 1.30 bits per heavy atom. The molecule has 0 saturated carbocycles. The van der Waals surface area contributed by atoms with Gasteiger partial charge in [-0.1, -0.05) is 29.4 Å². The van der Waals surface area contributed by atoms with E-state index in [1.54, 1.807) is 0 Å². The Labute approximate surface area is 138 Å². The number of nitrogens with zero attached hydrogens (tertiary/aromatic N) is 2. The fourth-order valence-electron chi connectivity index (χ4n) is 3.66. The molecule has 2 aromatic rings. The van der Waals surface area contributed by atoms with E-state index in [0.29, 0.717) is 6.04 Å². The first-order valence-corrected chi connectivity index (χ1v) is 8.55. The molecule has 1 aliphatic carbocycles. The van der Waals surface area contributed by atoms with E-state index in [-0.39, 0.29) is 6.61 Å². The van der Waals surface area contributed by atoms with Crippen LogP contribution in [0.25, 0.3) is 0 Å². The fraction of sp³-hybridized carbons (Fsp3) is 0.526. The van der Waals surface area contributed by atoms with Gasteiger partial charge in [0.25, 0.3) is 0 Å². The topological polar surface area (TPSA) is 49.5 Å². The summed E-state index contributed by atoms with van der Waals surface area (Å²) in [6.45, 7) is 5.94. The maximum atomic E-state index is 9.29. The Morgan fingerprint density at radius 3 is 2.87 bits per heavy atom. The Bertz CT molecular complexity index is 631. The summed E-state index contributed by atoms with van der Waals surface area (Å²) < 4.78 is 5.33. The number of hydrogen-bond acceptors (Lipinski definition) is 4. The van der Waals surface area contributed by atoms with Crippen LogP contribution in [0.15, 0.2) is 28.8 Å². The second-order valence-electron chi connectivity index (χ2n) is 6.46. The Kier molecular flexibility index (Phi) is 5.13. The van der Waals surface area contributed by atoms with Crippen LogP contribution in [0.4, 0.5) is 0 Å². The van der Waals surface area contributed by atoms with Gasteiger partial charge in [0, 0.05) is 31.3 Å². The lowest BCUT2D eigenvalue weighted by Gasteiger charge is -2.36. The van der Waals surface area contributed by atoms with Gasteiger partial charge in [-0.05, 0) is 50.7 Å². The van der Waals surface area contributed by atoms with Crippen molar-refractivity contribution in [2.24, 2.45) is 0 Å². The molecule has 1 aromatic carbocycles. The molecule has 0 spiro atoms. The molecule has 0 bridgehead atoms. The molecular weight excluding hydrogens is 288 g/mol. The molecule has 4 heteroatoms. The summed E-state index contributed by atoms with van der Waals surface area (Å²) in [6, 6.07) is 9.20. The highest BCUT2D eigenvalue weighted by Gasteiger charge is 2.27. The van der Waals surface area contributed by atoms with Crippen LogP contribution in [0.5, 0.6) is 0 Å². The summed E-state index contributed by atoms with van der Waals surface area (Å²) in [5.74, 6) is 0.903. The number of rotatable bonds is 6. The first-order chi connectivity index (χ1) is 11.2. The number of aliphatic hydroxyl groups is 1. The van der Waals surface area contributed by atoms with Crippen LogP contribution in [0, 0.1) is 13.8 Å². The third-order valence-corrected chi connectivity index (χ3v) is 4.92. The molecule has 3 rings (SSSR count). The molecule has 124 valence electrons. The van der Waals surface area contributed by atoms with Crippen molar-refractivity contribution >= 4 is 0 Å². The molecule has 23 heavy (non-hydrogen) atoms. The summed E-state index contributed by atoms with van der Waals surface area (Å²) in [7, 11) is 0. The number of aryl methyl sites for hydroxylation is 3. The van der Waals surface area contributed by atoms with Gasteiger partial charge in [0.15, 0.2) is 0 Å². The van der Waals surface area contributed by atoms with Gasteiger partial charge in [-0.3, -0.25) is 4.90 Å². The summed E-state index contributed by atoms with van der Waals surface area (Å²) in [6.07, 6.45) is 4.36. The van der Waals surface area contributed by atoms with E-state index in [1.807, 2.05) is 13.8 Å². The maximum absolute atomic E-state index is 9.29. The van der Waals surface area contributed by atoms with Crippen molar-refractivity contribution in [3.8, 4) is 0 Å². The third kappa shape index (κ3) is 3.48. The minimum absolute atomic E-state index is 0.229. The molecule has 0 aliphatic heterocycles. The van der Waals surface area contributed by atoms with E-state index in [9.17, 15) is 5.11 Å². The van der Waals surface area contributed by atoms with Gasteiger partial charge in [-0.25, -0.2) is 0 Å².